The molecular formula is C18H36O4. The molecule has 0 spiro atoms. The average molecular weight is 316 g/mol. The zero-order chi connectivity index (χ0) is 16.2. The molecule has 0 aromatic carbocycles. The quantitative estimate of drug-likeness (QED) is 0.455. The van der Waals surface area contributed by atoms with Crippen LogP contribution in [0.25, 0.3) is 0 Å². The number of aliphatic hydroxyl groups is 3. The molecular weight excluding hydrogens is 280 g/mol. The lowest BCUT2D eigenvalue weighted by molar-refractivity contribution is -0.128. The lowest BCUT2D eigenvalue weighted by Crippen LogP contribution is -2.32. The van der Waals surface area contributed by atoms with Crippen molar-refractivity contribution in [3.8, 4) is 0 Å². The lowest BCUT2D eigenvalue weighted by Gasteiger charge is -2.13. The summed E-state index contributed by atoms with van der Waals surface area (Å²) in [5.74, 6) is 0. The highest BCUT2D eigenvalue weighted by Gasteiger charge is 2.40. The number of rotatable bonds is 13. The Morgan fingerprint density at radius 1 is 0.636 bits per heavy atom. The maximum absolute atomic E-state index is 9.67. The molecule has 0 bridgehead atoms. The van der Waals surface area contributed by atoms with Crippen LogP contribution in [0.1, 0.15) is 90.4 Å². The van der Waals surface area contributed by atoms with Gasteiger partial charge in [0.15, 0.2) is 6.29 Å². The van der Waals surface area contributed by atoms with E-state index in [1.807, 2.05) is 0 Å². The van der Waals surface area contributed by atoms with Crippen molar-refractivity contribution in [2.45, 2.75) is 115 Å². The second kappa shape index (κ2) is 12.3. The van der Waals surface area contributed by atoms with Crippen molar-refractivity contribution >= 4 is 0 Å². The predicted octanol–water partition coefficient (Wildman–Crippen LogP) is 3.52. The van der Waals surface area contributed by atoms with Crippen LogP contribution < -0.4 is 0 Å². The normalized spacial score (nSPS) is 28.4. The van der Waals surface area contributed by atoms with Crippen LogP contribution in [0, 0.1) is 0 Å². The minimum absolute atomic E-state index is 0.409. The van der Waals surface area contributed by atoms with Crippen molar-refractivity contribution in [1.82, 2.24) is 0 Å². The highest BCUT2D eigenvalue weighted by atomic mass is 16.6. The first kappa shape index (κ1) is 19.9. The number of unbranched alkanes of at least 4 members (excludes halogenated alkanes) is 11. The zero-order valence-electron chi connectivity index (χ0n) is 14.3. The van der Waals surface area contributed by atoms with E-state index in [0.29, 0.717) is 6.42 Å². The van der Waals surface area contributed by atoms with E-state index in [2.05, 4.69) is 6.92 Å². The van der Waals surface area contributed by atoms with E-state index in [9.17, 15) is 15.3 Å². The summed E-state index contributed by atoms with van der Waals surface area (Å²) in [6.07, 6.45) is 12.6. The van der Waals surface area contributed by atoms with Gasteiger partial charge in [0.05, 0.1) is 6.10 Å². The van der Waals surface area contributed by atoms with E-state index in [0.717, 1.165) is 12.8 Å². The third-order valence-corrected chi connectivity index (χ3v) is 4.68. The molecule has 3 N–H and O–H groups in total. The highest BCUT2D eigenvalue weighted by molar-refractivity contribution is 4.85. The second-order valence-electron chi connectivity index (χ2n) is 6.72. The summed E-state index contributed by atoms with van der Waals surface area (Å²) in [4.78, 5) is 0. The van der Waals surface area contributed by atoms with E-state index in [4.69, 9.17) is 4.74 Å². The molecule has 4 atom stereocenters. The number of hydrogen-bond donors (Lipinski definition) is 3. The first-order valence-corrected chi connectivity index (χ1v) is 9.36. The van der Waals surface area contributed by atoms with E-state index in [-0.39, 0.29) is 0 Å². The predicted molar refractivity (Wildman–Crippen MR) is 88.6 cm³/mol. The summed E-state index contributed by atoms with van der Waals surface area (Å²) in [6.45, 7) is 2.25. The molecule has 132 valence electrons. The lowest BCUT2D eigenvalue weighted by atomic mass is 10.0. The van der Waals surface area contributed by atoms with Gasteiger partial charge in [0.2, 0.25) is 0 Å². The molecule has 0 aliphatic carbocycles. The van der Waals surface area contributed by atoms with Gasteiger partial charge in [-0.05, 0) is 6.42 Å². The summed E-state index contributed by atoms with van der Waals surface area (Å²) in [7, 11) is 0. The standard InChI is InChI=1S/C18H36O4/c1-2-3-4-5-6-7-8-9-10-11-12-13-14-15-16(19)17(20)18(21)22-15/h15-21H,2-14H2,1H3. The van der Waals surface area contributed by atoms with Gasteiger partial charge in [-0.3, -0.25) is 0 Å². The molecule has 0 aromatic rings. The molecule has 1 aliphatic rings. The van der Waals surface area contributed by atoms with Gasteiger partial charge in [0.25, 0.3) is 0 Å². The monoisotopic (exact) mass is 316 g/mol. The fourth-order valence-corrected chi connectivity index (χ4v) is 3.15. The van der Waals surface area contributed by atoms with E-state index in [1.165, 1.54) is 64.2 Å². The van der Waals surface area contributed by atoms with Crippen LogP contribution in [0.15, 0.2) is 0 Å². The van der Waals surface area contributed by atoms with E-state index < -0.39 is 24.6 Å². The Morgan fingerprint density at radius 3 is 1.50 bits per heavy atom. The molecule has 0 aromatic heterocycles. The van der Waals surface area contributed by atoms with Gasteiger partial charge in [-0.25, -0.2) is 0 Å². The Labute approximate surface area is 135 Å². The van der Waals surface area contributed by atoms with E-state index >= 15 is 0 Å². The van der Waals surface area contributed by atoms with Crippen LogP contribution in [-0.4, -0.2) is 39.9 Å². The van der Waals surface area contributed by atoms with Crippen molar-refractivity contribution in [2.24, 2.45) is 0 Å². The molecule has 1 rings (SSSR count). The number of hydrogen-bond acceptors (Lipinski definition) is 4. The molecule has 1 aliphatic heterocycles. The molecule has 22 heavy (non-hydrogen) atoms. The molecule has 0 amide bonds. The van der Waals surface area contributed by atoms with Gasteiger partial charge in [-0.2, -0.15) is 0 Å². The molecule has 1 fully saturated rings. The second-order valence-corrected chi connectivity index (χ2v) is 6.72. The maximum Gasteiger partial charge on any atom is 0.183 e. The van der Waals surface area contributed by atoms with Crippen molar-refractivity contribution < 1.29 is 20.1 Å². The van der Waals surface area contributed by atoms with Crippen LogP contribution in [0.2, 0.25) is 0 Å². The zero-order valence-corrected chi connectivity index (χ0v) is 14.3. The molecule has 4 heteroatoms. The molecule has 4 unspecified atom stereocenters. The maximum atomic E-state index is 9.67. The third-order valence-electron chi connectivity index (χ3n) is 4.68. The van der Waals surface area contributed by atoms with Crippen molar-refractivity contribution in [3.05, 3.63) is 0 Å². The van der Waals surface area contributed by atoms with Crippen LogP contribution in [0.3, 0.4) is 0 Å². The van der Waals surface area contributed by atoms with Crippen LogP contribution >= 0.6 is 0 Å². The number of ether oxygens (including phenoxy) is 1. The summed E-state index contributed by atoms with van der Waals surface area (Å²) in [5, 5.41) is 28.4. The van der Waals surface area contributed by atoms with Crippen molar-refractivity contribution in [3.63, 3.8) is 0 Å². The smallest absolute Gasteiger partial charge is 0.183 e. The van der Waals surface area contributed by atoms with Crippen molar-refractivity contribution in [1.29, 1.82) is 0 Å². The van der Waals surface area contributed by atoms with Gasteiger partial charge in [-0.15, -0.1) is 0 Å². The Balaban J connectivity index is 1.82. The van der Waals surface area contributed by atoms with Gasteiger partial charge in [0, 0.05) is 0 Å². The fourth-order valence-electron chi connectivity index (χ4n) is 3.15. The summed E-state index contributed by atoms with van der Waals surface area (Å²) < 4.78 is 5.14. The highest BCUT2D eigenvalue weighted by Crippen LogP contribution is 2.24. The molecule has 1 saturated heterocycles. The van der Waals surface area contributed by atoms with Gasteiger partial charge >= 0.3 is 0 Å². The average Bonchev–Trinajstić information content (AvgIpc) is 2.75. The molecule has 0 radical (unpaired) electrons. The summed E-state index contributed by atoms with van der Waals surface area (Å²) >= 11 is 0. The largest absolute Gasteiger partial charge is 0.387 e. The van der Waals surface area contributed by atoms with Crippen LogP contribution in [0.4, 0.5) is 0 Å². The van der Waals surface area contributed by atoms with Crippen molar-refractivity contribution in [2.75, 3.05) is 0 Å². The van der Waals surface area contributed by atoms with Crippen LogP contribution in [-0.2, 0) is 4.74 Å². The minimum atomic E-state index is -1.22. The molecule has 1 heterocycles. The third kappa shape index (κ3) is 7.91. The Morgan fingerprint density at radius 2 is 1.09 bits per heavy atom. The fraction of sp³-hybridized carbons (Fsp3) is 1.00. The summed E-state index contributed by atoms with van der Waals surface area (Å²) in [5.41, 5.74) is 0. The van der Waals surface area contributed by atoms with Gasteiger partial charge in [-0.1, -0.05) is 84.0 Å². The van der Waals surface area contributed by atoms with Gasteiger partial charge < -0.3 is 20.1 Å². The molecule has 4 nitrogen and oxygen atoms in total. The summed E-state index contributed by atoms with van der Waals surface area (Å²) in [6, 6.07) is 0. The Bertz CT molecular complexity index is 259. The minimum Gasteiger partial charge on any atom is -0.387 e. The number of aliphatic hydroxyl groups excluding tert-OH is 3. The van der Waals surface area contributed by atoms with Crippen LogP contribution in [0.5, 0.6) is 0 Å². The Kier molecular flexibility index (Phi) is 11.1. The Hall–Kier alpha value is -0.160. The van der Waals surface area contributed by atoms with Gasteiger partial charge in [0.1, 0.15) is 12.2 Å². The van der Waals surface area contributed by atoms with E-state index in [1.54, 1.807) is 0 Å². The SMILES string of the molecule is CCCCCCCCCCCCCCC1OC(O)C(O)C1O. The topological polar surface area (TPSA) is 69.9 Å². The first-order chi connectivity index (χ1) is 10.7. The molecule has 0 saturated carbocycles. The first-order valence-electron chi connectivity index (χ1n) is 9.36.